The number of sulfone groups is 1. The third kappa shape index (κ3) is 9.40. The van der Waals surface area contributed by atoms with Crippen molar-refractivity contribution in [2.45, 2.75) is 32.6 Å². The first-order valence-electron chi connectivity index (χ1n) is 4.75. The summed E-state index contributed by atoms with van der Waals surface area (Å²) < 4.78 is 22.6. The summed E-state index contributed by atoms with van der Waals surface area (Å²) in [6, 6.07) is 0. The number of aliphatic carboxylic acids is 1. The Labute approximate surface area is 89.4 Å². The second-order valence-electron chi connectivity index (χ2n) is 3.45. The lowest BCUT2D eigenvalue weighted by Crippen LogP contribution is -2.13. The topological polar surface area (TPSA) is 88.5 Å². The zero-order valence-electron chi connectivity index (χ0n) is 8.73. The lowest BCUT2D eigenvalue weighted by Gasteiger charge is -2.01. The molecule has 0 aromatic heterocycles. The predicted octanol–water partition coefficient (Wildman–Crippen LogP) is 0.635. The van der Waals surface area contributed by atoms with Crippen LogP contribution >= 0.6 is 0 Å². The van der Waals surface area contributed by atoms with Gasteiger partial charge in [-0.3, -0.25) is 9.59 Å². The molecule has 0 radical (unpaired) electrons. The van der Waals surface area contributed by atoms with Crippen molar-refractivity contribution in [1.29, 1.82) is 0 Å². The average molecular weight is 236 g/mol. The Bertz CT molecular complexity index is 317. The van der Waals surface area contributed by atoms with Crippen LogP contribution in [0.15, 0.2) is 0 Å². The molecule has 0 rings (SSSR count). The van der Waals surface area contributed by atoms with Crippen LogP contribution in [-0.4, -0.2) is 36.8 Å². The Morgan fingerprint density at radius 1 is 1.07 bits per heavy atom. The van der Waals surface area contributed by atoms with Gasteiger partial charge in [-0.05, 0) is 19.8 Å². The summed E-state index contributed by atoms with van der Waals surface area (Å²) in [4.78, 5) is 20.7. The quantitative estimate of drug-likeness (QED) is 0.624. The van der Waals surface area contributed by atoms with Gasteiger partial charge in [0.2, 0.25) is 0 Å². The van der Waals surface area contributed by atoms with Gasteiger partial charge in [0.25, 0.3) is 0 Å². The molecule has 15 heavy (non-hydrogen) atoms. The normalized spacial score (nSPS) is 11.3. The molecule has 0 aliphatic heterocycles. The lowest BCUT2D eigenvalue weighted by atomic mass is 10.2. The maximum atomic E-state index is 11.3. The molecule has 5 nitrogen and oxygen atoms in total. The molecule has 6 heteroatoms. The highest BCUT2D eigenvalue weighted by atomic mass is 32.2. The number of carbonyl (C=O) groups is 2. The molecule has 0 unspecified atom stereocenters. The first kappa shape index (κ1) is 14.1. The molecule has 0 heterocycles. The summed E-state index contributed by atoms with van der Waals surface area (Å²) in [5, 5.41) is 8.32. The Hall–Kier alpha value is -0.910. The summed E-state index contributed by atoms with van der Waals surface area (Å²) in [7, 11) is -3.19. The second-order valence-corrected chi connectivity index (χ2v) is 5.76. The molecule has 0 saturated heterocycles. The third-order valence-corrected chi connectivity index (χ3v) is 3.60. The number of hydrogen-bond donors (Lipinski definition) is 1. The van der Waals surface area contributed by atoms with Gasteiger partial charge in [0, 0.05) is 12.8 Å². The molecule has 0 aliphatic carbocycles. The SMILES string of the molecule is CC(=O)CCS(=O)(=O)CCCCC(=O)O. The zero-order chi connectivity index (χ0) is 11.9. The van der Waals surface area contributed by atoms with Gasteiger partial charge in [0.1, 0.15) is 5.78 Å². The van der Waals surface area contributed by atoms with Gasteiger partial charge in [-0.15, -0.1) is 0 Å². The molecule has 0 spiro atoms. The molecule has 0 aromatic rings. The van der Waals surface area contributed by atoms with E-state index in [-0.39, 0.29) is 30.1 Å². The molecule has 0 aliphatic rings. The molecule has 0 fully saturated rings. The van der Waals surface area contributed by atoms with E-state index in [0.29, 0.717) is 12.8 Å². The van der Waals surface area contributed by atoms with Crippen LogP contribution in [0.5, 0.6) is 0 Å². The molecule has 0 aromatic carbocycles. The average Bonchev–Trinajstić information content (AvgIpc) is 2.09. The van der Waals surface area contributed by atoms with Crippen LogP contribution in [0, 0.1) is 0 Å². The third-order valence-electron chi connectivity index (χ3n) is 1.86. The highest BCUT2D eigenvalue weighted by Crippen LogP contribution is 2.02. The second kappa shape index (κ2) is 6.55. The molecule has 0 bridgehead atoms. The van der Waals surface area contributed by atoms with E-state index in [9.17, 15) is 18.0 Å². The fraction of sp³-hybridized carbons (Fsp3) is 0.778. The monoisotopic (exact) mass is 236 g/mol. The van der Waals surface area contributed by atoms with Crippen LogP contribution in [0.3, 0.4) is 0 Å². The predicted molar refractivity (Wildman–Crippen MR) is 55.4 cm³/mol. The molecule has 88 valence electrons. The van der Waals surface area contributed by atoms with Gasteiger partial charge in [-0.2, -0.15) is 0 Å². The highest BCUT2D eigenvalue weighted by molar-refractivity contribution is 7.91. The standard InChI is InChI=1S/C9H16O5S/c1-8(10)5-7-15(13,14)6-3-2-4-9(11)12/h2-7H2,1H3,(H,11,12). The van der Waals surface area contributed by atoms with E-state index in [1.165, 1.54) is 6.92 Å². The van der Waals surface area contributed by atoms with Crippen molar-refractivity contribution in [2.75, 3.05) is 11.5 Å². The minimum Gasteiger partial charge on any atom is -0.481 e. The maximum absolute atomic E-state index is 11.3. The number of Topliss-reactive ketones (excluding diaryl/α,β-unsaturated/α-hetero) is 1. The van der Waals surface area contributed by atoms with Gasteiger partial charge in [0.05, 0.1) is 11.5 Å². The first-order valence-corrected chi connectivity index (χ1v) is 6.57. The Kier molecular flexibility index (Phi) is 6.15. The summed E-state index contributed by atoms with van der Waals surface area (Å²) in [6.07, 6.45) is 0.727. The van der Waals surface area contributed by atoms with Crippen LogP contribution in [0.4, 0.5) is 0 Å². The van der Waals surface area contributed by atoms with E-state index in [1.54, 1.807) is 0 Å². The van der Waals surface area contributed by atoms with Gasteiger partial charge < -0.3 is 5.11 Å². The van der Waals surface area contributed by atoms with Crippen molar-refractivity contribution in [2.24, 2.45) is 0 Å². The van der Waals surface area contributed by atoms with Crippen molar-refractivity contribution in [3.63, 3.8) is 0 Å². The lowest BCUT2D eigenvalue weighted by molar-refractivity contribution is -0.137. The zero-order valence-corrected chi connectivity index (χ0v) is 9.55. The molecule has 0 atom stereocenters. The molecular formula is C9H16O5S. The minimum atomic E-state index is -3.19. The first-order chi connectivity index (χ1) is 6.83. The van der Waals surface area contributed by atoms with Gasteiger partial charge in [0.15, 0.2) is 9.84 Å². The van der Waals surface area contributed by atoms with E-state index >= 15 is 0 Å². The summed E-state index contributed by atoms with van der Waals surface area (Å²) >= 11 is 0. The number of rotatable bonds is 8. The fourth-order valence-corrected chi connectivity index (χ4v) is 2.45. The van der Waals surface area contributed by atoms with E-state index in [0.717, 1.165) is 0 Å². The van der Waals surface area contributed by atoms with E-state index < -0.39 is 15.8 Å². The minimum absolute atomic E-state index is 0.0117. The summed E-state index contributed by atoms with van der Waals surface area (Å²) in [5.74, 6) is -1.23. The van der Waals surface area contributed by atoms with Crippen LogP contribution in [0.2, 0.25) is 0 Å². The van der Waals surface area contributed by atoms with E-state index in [2.05, 4.69) is 0 Å². The van der Waals surface area contributed by atoms with E-state index in [1.807, 2.05) is 0 Å². The van der Waals surface area contributed by atoms with Crippen molar-refractivity contribution in [3.05, 3.63) is 0 Å². The highest BCUT2D eigenvalue weighted by Gasteiger charge is 2.11. The summed E-state index contributed by atoms with van der Waals surface area (Å²) in [5.41, 5.74) is 0. The summed E-state index contributed by atoms with van der Waals surface area (Å²) in [6.45, 7) is 1.35. The van der Waals surface area contributed by atoms with Crippen molar-refractivity contribution >= 4 is 21.6 Å². The molecular weight excluding hydrogens is 220 g/mol. The fourth-order valence-electron chi connectivity index (χ4n) is 0.999. The number of carbonyl (C=O) groups excluding carboxylic acids is 1. The van der Waals surface area contributed by atoms with Crippen LogP contribution in [0.1, 0.15) is 32.6 Å². The van der Waals surface area contributed by atoms with Crippen molar-refractivity contribution < 1.29 is 23.1 Å². The largest absolute Gasteiger partial charge is 0.481 e. The Morgan fingerprint density at radius 2 is 1.67 bits per heavy atom. The maximum Gasteiger partial charge on any atom is 0.303 e. The van der Waals surface area contributed by atoms with Crippen LogP contribution in [-0.2, 0) is 19.4 Å². The number of carboxylic acids is 1. The Morgan fingerprint density at radius 3 is 2.13 bits per heavy atom. The molecule has 0 amide bonds. The smallest absolute Gasteiger partial charge is 0.303 e. The number of hydrogen-bond acceptors (Lipinski definition) is 4. The van der Waals surface area contributed by atoms with Gasteiger partial charge >= 0.3 is 5.97 Å². The molecule has 0 saturated carbocycles. The molecule has 1 N–H and O–H groups in total. The van der Waals surface area contributed by atoms with Crippen LogP contribution < -0.4 is 0 Å². The number of carboxylic acid groups (broad SMARTS) is 1. The Balaban J connectivity index is 3.75. The van der Waals surface area contributed by atoms with Crippen LogP contribution in [0.25, 0.3) is 0 Å². The number of ketones is 1. The van der Waals surface area contributed by atoms with Gasteiger partial charge in [-0.1, -0.05) is 0 Å². The van der Waals surface area contributed by atoms with E-state index in [4.69, 9.17) is 5.11 Å². The van der Waals surface area contributed by atoms with Crippen molar-refractivity contribution in [1.82, 2.24) is 0 Å². The number of unbranched alkanes of at least 4 members (excludes halogenated alkanes) is 1. The van der Waals surface area contributed by atoms with Gasteiger partial charge in [-0.25, -0.2) is 8.42 Å². The van der Waals surface area contributed by atoms with Crippen molar-refractivity contribution in [3.8, 4) is 0 Å².